The number of nitro groups is 1. The van der Waals surface area contributed by atoms with E-state index in [1.54, 1.807) is 0 Å². The molecule has 2 aromatic rings. The number of nitrogens with zero attached hydrogens (tertiary/aromatic N) is 3. The summed E-state index contributed by atoms with van der Waals surface area (Å²) in [5.41, 5.74) is -0.540. The van der Waals surface area contributed by atoms with Gasteiger partial charge in [0.1, 0.15) is 5.15 Å². The second-order valence-corrected chi connectivity index (χ2v) is 5.57. The maximum absolute atomic E-state index is 12.1. The fourth-order valence-corrected chi connectivity index (χ4v) is 2.66. The first-order valence-electron chi connectivity index (χ1n) is 5.15. The van der Waals surface area contributed by atoms with Crippen LogP contribution in [0.15, 0.2) is 41.4 Å². The van der Waals surface area contributed by atoms with Crippen molar-refractivity contribution in [3.8, 4) is 0 Å². The molecule has 1 aromatic carbocycles. The van der Waals surface area contributed by atoms with Gasteiger partial charge >= 0.3 is 0 Å². The molecule has 1 aromatic heterocycles. The Balaban J connectivity index is 2.44. The van der Waals surface area contributed by atoms with Gasteiger partial charge in [-0.3, -0.25) is 10.1 Å². The fraction of sp³-hybridized carbons (Fsp3) is 0. The van der Waals surface area contributed by atoms with Crippen molar-refractivity contribution in [3.05, 3.63) is 51.8 Å². The minimum atomic E-state index is -4.18. The van der Waals surface area contributed by atoms with Gasteiger partial charge in [0, 0.05) is 12.3 Å². The van der Waals surface area contributed by atoms with Crippen LogP contribution in [-0.4, -0.2) is 23.3 Å². The minimum absolute atomic E-state index is 0.0419. The van der Waals surface area contributed by atoms with Crippen molar-refractivity contribution in [1.82, 2.24) is 9.97 Å². The number of rotatable bonds is 4. The lowest BCUT2D eigenvalue weighted by atomic mass is 10.3. The first kappa shape index (κ1) is 14.2. The molecule has 20 heavy (non-hydrogen) atoms. The Morgan fingerprint density at radius 2 is 1.95 bits per heavy atom. The summed E-state index contributed by atoms with van der Waals surface area (Å²) in [6, 6.07) is 6.32. The van der Waals surface area contributed by atoms with Crippen LogP contribution in [0.5, 0.6) is 0 Å². The summed E-state index contributed by atoms with van der Waals surface area (Å²) in [6.45, 7) is 0. The Morgan fingerprint density at radius 3 is 2.60 bits per heavy atom. The van der Waals surface area contributed by atoms with Gasteiger partial charge in [-0.1, -0.05) is 23.7 Å². The third-order valence-corrected chi connectivity index (χ3v) is 3.78. The monoisotopic (exact) mass is 314 g/mol. The van der Waals surface area contributed by atoms with Gasteiger partial charge in [0.2, 0.25) is 5.95 Å². The lowest BCUT2D eigenvalue weighted by Crippen LogP contribution is -2.16. The van der Waals surface area contributed by atoms with Gasteiger partial charge in [-0.2, -0.15) is 0 Å². The summed E-state index contributed by atoms with van der Waals surface area (Å²) < 4.78 is 26.2. The zero-order chi connectivity index (χ0) is 14.8. The van der Waals surface area contributed by atoms with Crippen molar-refractivity contribution in [2.45, 2.75) is 4.90 Å². The van der Waals surface area contributed by atoms with E-state index in [0.29, 0.717) is 0 Å². The lowest BCUT2D eigenvalue weighted by Gasteiger charge is -2.06. The van der Waals surface area contributed by atoms with Gasteiger partial charge < -0.3 is 0 Å². The highest BCUT2D eigenvalue weighted by atomic mass is 35.5. The maximum atomic E-state index is 12.1. The quantitative estimate of drug-likeness (QED) is 0.523. The normalized spacial score (nSPS) is 11.1. The van der Waals surface area contributed by atoms with E-state index in [-0.39, 0.29) is 11.1 Å². The van der Waals surface area contributed by atoms with Crippen molar-refractivity contribution in [1.29, 1.82) is 0 Å². The molecule has 0 radical (unpaired) electrons. The molecule has 104 valence electrons. The average Bonchev–Trinajstić information content (AvgIpc) is 2.38. The van der Waals surface area contributed by atoms with Crippen LogP contribution in [-0.2, 0) is 10.0 Å². The molecule has 8 nitrogen and oxygen atoms in total. The number of hydrogen-bond donors (Lipinski definition) is 1. The number of halogens is 1. The van der Waals surface area contributed by atoms with Crippen molar-refractivity contribution in [3.63, 3.8) is 0 Å². The van der Waals surface area contributed by atoms with E-state index in [1.807, 2.05) is 4.72 Å². The molecule has 0 aliphatic heterocycles. The van der Waals surface area contributed by atoms with Gasteiger partial charge in [-0.25, -0.2) is 23.1 Å². The van der Waals surface area contributed by atoms with Crippen molar-refractivity contribution >= 4 is 33.3 Å². The molecule has 0 spiro atoms. The molecule has 0 fully saturated rings. The number of aromatic nitrogens is 2. The minimum Gasteiger partial charge on any atom is -0.258 e. The van der Waals surface area contributed by atoms with E-state index in [4.69, 9.17) is 11.6 Å². The van der Waals surface area contributed by atoms with Crippen LogP contribution in [0.1, 0.15) is 0 Å². The summed E-state index contributed by atoms with van der Waals surface area (Å²) in [5.74, 6) is -0.268. The summed E-state index contributed by atoms with van der Waals surface area (Å²) in [6.07, 6.45) is 1.26. The molecule has 0 unspecified atom stereocenters. The molecule has 1 heterocycles. The molecule has 0 saturated heterocycles. The first-order valence-corrected chi connectivity index (χ1v) is 7.01. The molecular formula is C10H7ClN4O4S. The van der Waals surface area contributed by atoms with Crippen molar-refractivity contribution in [2.75, 3.05) is 4.72 Å². The molecule has 0 aliphatic carbocycles. The highest BCUT2D eigenvalue weighted by Gasteiger charge is 2.25. The van der Waals surface area contributed by atoms with Crippen LogP contribution in [0.3, 0.4) is 0 Å². The van der Waals surface area contributed by atoms with E-state index >= 15 is 0 Å². The predicted molar refractivity (Wildman–Crippen MR) is 70.9 cm³/mol. The number of benzene rings is 1. The molecule has 10 heteroatoms. The van der Waals surface area contributed by atoms with E-state index in [1.165, 1.54) is 24.4 Å². The highest BCUT2D eigenvalue weighted by Crippen LogP contribution is 2.24. The standard InChI is InChI=1S/C10H7ClN4O4S/c11-9-5-6-12-10(13-9)14-20(18,19)8-4-2-1-3-7(8)15(16)17/h1-6H,(H,12,13,14). The van der Waals surface area contributed by atoms with Gasteiger partial charge in [-0.15, -0.1) is 0 Å². The largest absolute Gasteiger partial charge is 0.289 e. The molecular weight excluding hydrogens is 308 g/mol. The number of anilines is 1. The van der Waals surface area contributed by atoms with Crippen LogP contribution in [0, 0.1) is 10.1 Å². The molecule has 0 saturated carbocycles. The predicted octanol–water partition coefficient (Wildman–Crippen LogP) is 1.84. The van der Waals surface area contributed by atoms with E-state index in [2.05, 4.69) is 9.97 Å². The van der Waals surface area contributed by atoms with Gasteiger partial charge in [-0.05, 0) is 12.1 Å². The molecule has 2 rings (SSSR count). The summed E-state index contributed by atoms with van der Waals surface area (Å²) >= 11 is 5.61. The van der Waals surface area contributed by atoms with Gasteiger partial charge in [0.05, 0.1) is 4.92 Å². The molecule has 0 atom stereocenters. The Morgan fingerprint density at radius 1 is 1.25 bits per heavy atom. The van der Waals surface area contributed by atoms with Gasteiger partial charge in [0.25, 0.3) is 15.7 Å². The highest BCUT2D eigenvalue weighted by molar-refractivity contribution is 7.92. The number of hydrogen-bond acceptors (Lipinski definition) is 6. The summed E-state index contributed by atoms with van der Waals surface area (Å²) in [7, 11) is -4.18. The summed E-state index contributed by atoms with van der Waals surface area (Å²) in [5, 5.41) is 10.9. The zero-order valence-electron chi connectivity index (χ0n) is 9.72. The lowest BCUT2D eigenvalue weighted by molar-refractivity contribution is -0.387. The fourth-order valence-electron chi connectivity index (χ4n) is 1.40. The third kappa shape index (κ3) is 3.00. The third-order valence-electron chi connectivity index (χ3n) is 2.20. The molecule has 0 aliphatic rings. The average molecular weight is 315 g/mol. The zero-order valence-corrected chi connectivity index (χ0v) is 11.3. The number of nitro benzene ring substituents is 1. The van der Waals surface area contributed by atoms with Crippen molar-refractivity contribution < 1.29 is 13.3 Å². The van der Waals surface area contributed by atoms with E-state index in [0.717, 1.165) is 12.1 Å². The van der Waals surface area contributed by atoms with Crippen LogP contribution in [0.4, 0.5) is 11.6 Å². The van der Waals surface area contributed by atoms with Crippen LogP contribution in [0.25, 0.3) is 0 Å². The number of sulfonamides is 1. The first-order chi connectivity index (χ1) is 9.40. The number of para-hydroxylation sites is 1. The Labute approximate surface area is 118 Å². The van der Waals surface area contributed by atoms with Crippen LogP contribution >= 0.6 is 11.6 Å². The van der Waals surface area contributed by atoms with E-state index in [9.17, 15) is 18.5 Å². The van der Waals surface area contributed by atoms with Crippen LogP contribution in [0.2, 0.25) is 5.15 Å². The van der Waals surface area contributed by atoms with Gasteiger partial charge in [0.15, 0.2) is 4.90 Å². The molecule has 0 amide bonds. The SMILES string of the molecule is O=[N+]([O-])c1ccccc1S(=O)(=O)Nc1nccc(Cl)n1. The van der Waals surface area contributed by atoms with Crippen LogP contribution < -0.4 is 4.72 Å². The second-order valence-electron chi connectivity index (χ2n) is 3.53. The van der Waals surface area contributed by atoms with Crippen molar-refractivity contribution in [2.24, 2.45) is 0 Å². The molecule has 0 bridgehead atoms. The topological polar surface area (TPSA) is 115 Å². The summed E-state index contributed by atoms with van der Waals surface area (Å²) in [4.78, 5) is 16.9. The second kappa shape index (κ2) is 5.39. The Hall–Kier alpha value is -2.26. The Kier molecular flexibility index (Phi) is 3.81. The van der Waals surface area contributed by atoms with E-state index < -0.39 is 25.5 Å². The Bertz CT molecular complexity index is 765. The smallest absolute Gasteiger partial charge is 0.258 e. The maximum Gasteiger partial charge on any atom is 0.289 e. The molecule has 1 N–H and O–H groups in total. The number of nitrogens with one attached hydrogen (secondary N) is 1.